The lowest BCUT2D eigenvalue weighted by molar-refractivity contribution is 0.101. The Balaban J connectivity index is 1.86. The van der Waals surface area contributed by atoms with Gasteiger partial charge in [-0.25, -0.2) is 9.37 Å². The van der Waals surface area contributed by atoms with Crippen molar-refractivity contribution in [3.63, 3.8) is 0 Å². The van der Waals surface area contributed by atoms with E-state index in [1.165, 1.54) is 37.7 Å². The molecule has 3 heterocycles. The van der Waals surface area contributed by atoms with Crippen molar-refractivity contribution in [2.75, 3.05) is 5.32 Å². The highest BCUT2D eigenvalue weighted by molar-refractivity contribution is 6.31. The molecule has 0 saturated heterocycles. The van der Waals surface area contributed by atoms with Crippen LogP contribution in [0.25, 0.3) is 0 Å². The second-order valence-corrected chi connectivity index (χ2v) is 10.1. The van der Waals surface area contributed by atoms with E-state index in [4.69, 9.17) is 16.1 Å². The Kier molecular flexibility index (Phi) is 7.56. The average molecular weight is 554 g/mol. The van der Waals surface area contributed by atoms with Crippen LogP contribution in [-0.2, 0) is 12.6 Å². The number of carbonyl (C=O) groups excluding carboxylic acids is 1. The molecule has 0 aliphatic rings. The van der Waals surface area contributed by atoms with Crippen molar-refractivity contribution in [3.8, 4) is 11.8 Å². The van der Waals surface area contributed by atoms with Crippen LogP contribution in [0.2, 0.25) is 5.02 Å². The topological polar surface area (TPSA) is 152 Å². The minimum atomic E-state index is -0.853. The van der Waals surface area contributed by atoms with Crippen molar-refractivity contribution in [1.29, 1.82) is 5.26 Å². The molecule has 0 aliphatic heterocycles. The number of nitrogens with zero attached hydrogens (tertiary/aromatic N) is 6. The van der Waals surface area contributed by atoms with Crippen LogP contribution in [0.15, 0.2) is 52.4 Å². The standard InChI is InChI=1S/C26H25ClFN7O4/c1-14(23-33-21(22(36)25(38)34(23)4)24(37)32-17-11-31-39-13-17)20(18-9-16(28)5-6-19(18)27)15-10-30-35(12-15)26(2,3)7-8-29/h5-6,9-14,20,36H,7H2,1-4H3,(H,32,37)/t14-,20+/m1/s1. The summed E-state index contributed by atoms with van der Waals surface area (Å²) in [4.78, 5) is 30.2. The van der Waals surface area contributed by atoms with E-state index in [0.717, 1.165) is 4.57 Å². The van der Waals surface area contributed by atoms with Crippen LogP contribution in [0.4, 0.5) is 10.1 Å². The molecule has 13 heteroatoms. The van der Waals surface area contributed by atoms with Gasteiger partial charge in [-0.15, -0.1) is 0 Å². The van der Waals surface area contributed by atoms with Gasteiger partial charge in [0.15, 0.2) is 5.69 Å². The Labute approximate surface area is 227 Å². The van der Waals surface area contributed by atoms with Crippen LogP contribution in [-0.4, -0.2) is 35.5 Å². The third-order valence-electron chi connectivity index (χ3n) is 6.50. The molecule has 4 aromatic rings. The molecule has 2 atom stereocenters. The first-order valence-corrected chi connectivity index (χ1v) is 12.2. The van der Waals surface area contributed by atoms with Gasteiger partial charge < -0.3 is 14.9 Å². The summed E-state index contributed by atoms with van der Waals surface area (Å²) in [7, 11) is 1.41. The highest BCUT2D eigenvalue weighted by atomic mass is 35.5. The van der Waals surface area contributed by atoms with Gasteiger partial charge in [-0.1, -0.05) is 23.7 Å². The lowest BCUT2D eigenvalue weighted by Gasteiger charge is -2.26. The first-order valence-electron chi connectivity index (χ1n) is 11.8. The van der Waals surface area contributed by atoms with E-state index in [1.807, 2.05) is 13.8 Å². The molecule has 0 saturated carbocycles. The van der Waals surface area contributed by atoms with Crippen LogP contribution in [0.1, 0.15) is 66.5 Å². The summed E-state index contributed by atoms with van der Waals surface area (Å²) >= 11 is 6.53. The molecule has 0 bridgehead atoms. The molecule has 0 fully saturated rings. The maximum Gasteiger partial charge on any atom is 0.296 e. The van der Waals surface area contributed by atoms with E-state index in [2.05, 4.69) is 26.6 Å². The summed E-state index contributed by atoms with van der Waals surface area (Å²) in [6, 6.07) is 6.09. The Bertz CT molecular complexity index is 1620. The summed E-state index contributed by atoms with van der Waals surface area (Å²) in [5.41, 5.74) is -0.774. The smallest absolute Gasteiger partial charge is 0.296 e. The number of hydrogen-bond acceptors (Lipinski definition) is 8. The first-order chi connectivity index (χ1) is 18.4. The minimum absolute atomic E-state index is 0.127. The van der Waals surface area contributed by atoms with Gasteiger partial charge in [0.25, 0.3) is 11.5 Å². The predicted molar refractivity (Wildman–Crippen MR) is 139 cm³/mol. The molecule has 1 aromatic carbocycles. The fourth-order valence-corrected chi connectivity index (χ4v) is 4.61. The maximum atomic E-state index is 14.4. The monoisotopic (exact) mass is 553 g/mol. The van der Waals surface area contributed by atoms with Crippen LogP contribution in [0.3, 0.4) is 0 Å². The number of carbonyl (C=O) groups is 1. The van der Waals surface area contributed by atoms with Gasteiger partial charge in [0.2, 0.25) is 5.75 Å². The molecule has 1 amide bonds. The van der Waals surface area contributed by atoms with Gasteiger partial charge in [0.1, 0.15) is 23.6 Å². The van der Waals surface area contributed by atoms with E-state index in [-0.39, 0.29) is 23.0 Å². The normalized spacial score (nSPS) is 13.1. The number of anilines is 1. The molecule has 4 rings (SSSR count). The highest BCUT2D eigenvalue weighted by Crippen LogP contribution is 2.41. The van der Waals surface area contributed by atoms with Crippen LogP contribution in [0.5, 0.6) is 5.75 Å². The molecule has 202 valence electrons. The number of rotatable bonds is 8. The number of aromatic hydroxyl groups is 1. The number of nitrogens with one attached hydrogen (secondary N) is 1. The Morgan fingerprint density at radius 1 is 1.36 bits per heavy atom. The largest absolute Gasteiger partial charge is 0.501 e. The summed E-state index contributed by atoms with van der Waals surface area (Å²) < 4.78 is 21.9. The van der Waals surface area contributed by atoms with E-state index in [9.17, 15) is 24.3 Å². The van der Waals surface area contributed by atoms with Gasteiger partial charge in [-0.3, -0.25) is 18.8 Å². The predicted octanol–water partition coefficient (Wildman–Crippen LogP) is 4.30. The van der Waals surface area contributed by atoms with E-state index in [0.29, 0.717) is 11.1 Å². The van der Waals surface area contributed by atoms with Gasteiger partial charge in [0.05, 0.1) is 30.4 Å². The van der Waals surface area contributed by atoms with Crippen molar-refractivity contribution in [1.82, 2.24) is 24.5 Å². The number of hydrogen-bond donors (Lipinski definition) is 2. The number of benzene rings is 1. The van der Waals surface area contributed by atoms with Crippen molar-refractivity contribution in [2.45, 2.75) is 44.6 Å². The third-order valence-corrected chi connectivity index (χ3v) is 6.84. The average Bonchev–Trinajstić information content (AvgIpc) is 3.58. The van der Waals surface area contributed by atoms with E-state index >= 15 is 0 Å². The number of amides is 1. The summed E-state index contributed by atoms with van der Waals surface area (Å²) in [5, 5.41) is 30.4. The van der Waals surface area contributed by atoms with E-state index in [1.54, 1.807) is 24.0 Å². The second-order valence-electron chi connectivity index (χ2n) is 9.70. The fourth-order valence-electron chi connectivity index (χ4n) is 4.37. The van der Waals surface area contributed by atoms with E-state index < -0.39 is 46.1 Å². The molecule has 0 radical (unpaired) electrons. The zero-order chi connectivity index (χ0) is 28.5. The summed E-state index contributed by atoms with van der Waals surface area (Å²) in [6.45, 7) is 5.45. The molecule has 39 heavy (non-hydrogen) atoms. The molecule has 11 nitrogen and oxygen atoms in total. The molecular formula is C26H25ClFN7O4. The van der Waals surface area contributed by atoms with Gasteiger partial charge in [0, 0.05) is 30.1 Å². The molecular weight excluding hydrogens is 529 g/mol. The lowest BCUT2D eigenvalue weighted by Crippen LogP contribution is -2.29. The summed E-state index contributed by atoms with van der Waals surface area (Å²) in [5.74, 6) is -3.45. The van der Waals surface area contributed by atoms with Crippen LogP contribution < -0.4 is 10.9 Å². The fraction of sp³-hybridized carbons (Fsp3) is 0.308. The van der Waals surface area contributed by atoms with Crippen LogP contribution >= 0.6 is 11.6 Å². The second kappa shape index (κ2) is 10.7. The molecule has 0 spiro atoms. The lowest BCUT2D eigenvalue weighted by atomic mass is 9.82. The SMILES string of the molecule is C[C@@H](c1nc(C(=O)Nc2cnoc2)c(O)c(=O)n1C)[C@@H](c1cnn(C(C)(C)CC#N)c1)c1cc(F)ccc1Cl. The van der Waals surface area contributed by atoms with Gasteiger partial charge in [-0.05, 0) is 43.2 Å². The molecule has 3 aromatic heterocycles. The van der Waals surface area contributed by atoms with Crippen molar-refractivity contribution < 1.29 is 18.8 Å². The Morgan fingerprint density at radius 3 is 2.77 bits per heavy atom. The van der Waals surface area contributed by atoms with Gasteiger partial charge in [-0.2, -0.15) is 10.4 Å². The summed E-state index contributed by atoms with van der Waals surface area (Å²) in [6.07, 6.45) is 5.92. The quantitative estimate of drug-likeness (QED) is 0.327. The zero-order valence-corrected chi connectivity index (χ0v) is 22.3. The number of nitriles is 1. The Hall–Kier alpha value is -4.50. The molecule has 0 aliphatic carbocycles. The number of aromatic nitrogens is 5. The Morgan fingerprint density at radius 2 is 2.10 bits per heavy atom. The number of halogens is 2. The first kappa shape index (κ1) is 27.5. The maximum absolute atomic E-state index is 14.4. The third kappa shape index (κ3) is 5.39. The molecule has 0 unspecified atom stereocenters. The van der Waals surface area contributed by atoms with Gasteiger partial charge >= 0.3 is 0 Å². The van der Waals surface area contributed by atoms with Crippen molar-refractivity contribution >= 4 is 23.2 Å². The minimum Gasteiger partial charge on any atom is -0.501 e. The zero-order valence-electron chi connectivity index (χ0n) is 21.5. The van der Waals surface area contributed by atoms with Crippen molar-refractivity contribution in [2.24, 2.45) is 7.05 Å². The molecule has 2 N–H and O–H groups in total. The highest BCUT2D eigenvalue weighted by Gasteiger charge is 2.32. The van der Waals surface area contributed by atoms with Crippen molar-refractivity contribution in [3.05, 3.63) is 86.9 Å². The van der Waals surface area contributed by atoms with Crippen LogP contribution in [0, 0.1) is 17.1 Å².